The van der Waals surface area contributed by atoms with E-state index in [1.54, 1.807) is 0 Å². The molecule has 0 N–H and O–H groups in total. The predicted octanol–water partition coefficient (Wildman–Crippen LogP) is 6.29. The average Bonchev–Trinajstić information content (AvgIpc) is 3.47. The molecule has 0 saturated carbocycles. The molecule has 0 aliphatic carbocycles. The van der Waals surface area contributed by atoms with Gasteiger partial charge in [0.1, 0.15) is 6.10 Å². The zero-order chi connectivity index (χ0) is 25.7. The summed E-state index contributed by atoms with van der Waals surface area (Å²) in [6, 6.07) is 20.0. The van der Waals surface area contributed by atoms with Gasteiger partial charge in [-0.3, -0.25) is 4.79 Å². The lowest BCUT2D eigenvalue weighted by Gasteiger charge is -2.47. The molecular formula is C32H42NO4+. The quantitative estimate of drug-likeness (QED) is 0.217. The molecule has 3 aliphatic rings. The summed E-state index contributed by atoms with van der Waals surface area (Å²) in [4.78, 5) is 27.5. The summed E-state index contributed by atoms with van der Waals surface area (Å²) in [5.74, 6) is -0.822. The fraction of sp³-hybridized carbons (Fsp3) is 0.562. The third kappa shape index (κ3) is 5.07. The van der Waals surface area contributed by atoms with Crippen LogP contribution in [0.25, 0.3) is 0 Å². The molecule has 1 spiro atoms. The van der Waals surface area contributed by atoms with Gasteiger partial charge in [0.2, 0.25) is 0 Å². The lowest BCUT2D eigenvalue weighted by atomic mass is 9.85. The van der Waals surface area contributed by atoms with Crippen LogP contribution in [0.2, 0.25) is 0 Å². The number of carbonyl (C=O) groups is 2. The molecule has 3 heterocycles. The summed E-state index contributed by atoms with van der Waals surface area (Å²) in [5, 5.41) is 0. The second-order valence-electron chi connectivity index (χ2n) is 11.3. The van der Waals surface area contributed by atoms with E-state index in [0.29, 0.717) is 29.6 Å². The van der Waals surface area contributed by atoms with E-state index in [9.17, 15) is 9.59 Å². The highest BCUT2D eigenvalue weighted by Crippen LogP contribution is 2.47. The minimum Gasteiger partial charge on any atom is -0.458 e. The van der Waals surface area contributed by atoms with Crippen molar-refractivity contribution < 1.29 is 23.5 Å². The second kappa shape index (κ2) is 11.4. The highest BCUT2D eigenvalue weighted by atomic mass is 16.6. The number of ether oxygens (including phenoxy) is 2. The molecular weight excluding hydrogens is 462 g/mol. The monoisotopic (exact) mass is 504 g/mol. The number of rotatable bonds is 10. The molecule has 0 amide bonds. The van der Waals surface area contributed by atoms with Gasteiger partial charge >= 0.3 is 11.9 Å². The molecule has 2 bridgehead atoms. The van der Waals surface area contributed by atoms with Gasteiger partial charge in [-0.25, -0.2) is 4.79 Å². The normalized spacial score (nSPS) is 24.2. The molecule has 2 unspecified atom stereocenters. The van der Waals surface area contributed by atoms with E-state index in [2.05, 4.69) is 6.92 Å². The highest BCUT2D eigenvalue weighted by molar-refractivity contribution is 5.89. The molecule has 2 aromatic carbocycles. The fourth-order valence-corrected chi connectivity index (χ4v) is 7.37. The summed E-state index contributed by atoms with van der Waals surface area (Å²) in [5.41, 5.74) is -0.342. The summed E-state index contributed by atoms with van der Waals surface area (Å²) in [7, 11) is 0. The van der Waals surface area contributed by atoms with E-state index in [0.717, 1.165) is 38.5 Å². The number of carbonyl (C=O) groups excluding carboxylic acids is 2. The molecule has 5 nitrogen and oxygen atoms in total. The van der Waals surface area contributed by atoms with Crippen LogP contribution in [0.4, 0.5) is 0 Å². The molecule has 3 fully saturated rings. The van der Waals surface area contributed by atoms with Crippen molar-refractivity contribution in [2.45, 2.75) is 101 Å². The Balaban J connectivity index is 1.43. The number of unbranched alkanes of at least 4 members (excludes halogenated alkanes) is 3. The first-order valence-corrected chi connectivity index (χ1v) is 14.5. The van der Waals surface area contributed by atoms with Gasteiger partial charge < -0.3 is 14.0 Å². The van der Waals surface area contributed by atoms with E-state index >= 15 is 0 Å². The third-order valence-corrected chi connectivity index (χ3v) is 9.18. The Labute approximate surface area is 221 Å². The summed E-state index contributed by atoms with van der Waals surface area (Å²) >= 11 is 0. The number of nitrogens with zero attached hydrogens (tertiary/aromatic N) is 1. The lowest BCUT2D eigenvalue weighted by molar-refractivity contribution is -0.956. The highest BCUT2D eigenvalue weighted by Gasteiger charge is 2.57. The molecule has 2 atom stereocenters. The Morgan fingerprint density at radius 3 is 1.95 bits per heavy atom. The Bertz CT molecular complexity index is 991. The number of hydrogen-bond donors (Lipinski definition) is 0. The van der Waals surface area contributed by atoms with Crippen molar-refractivity contribution in [1.82, 2.24) is 0 Å². The number of piperidine rings is 1. The SMILES string of the molecule is CCCCCCC(=O)OC(C(=O)OC1CC2CCC(C1)[N+]21CCCC1)(c1ccccc1)c1ccccc1. The summed E-state index contributed by atoms with van der Waals surface area (Å²) in [6.07, 6.45) is 11.0. The molecule has 3 aliphatic heterocycles. The maximum absolute atomic E-state index is 14.3. The second-order valence-corrected chi connectivity index (χ2v) is 11.3. The minimum absolute atomic E-state index is 0.135. The molecule has 5 heteroatoms. The zero-order valence-corrected chi connectivity index (χ0v) is 22.3. The van der Waals surface area contributed by atoms with Crippen LogP contribution in [0, 0.1) is 0 Å². The van der Waals surface area contributed by atoms with Crippen molar-refractivity contribution in [3.63, 3.8) is 0 Å². The van der Waals surface area contributed by atoms with Gasteiger partial charge in [0, 0.05) is 56.1 Å². The Hall–Kier alpha value is -2.66. The van der Waals surface area contributed by atoms with Gasteiger partial charge in [0.15, 0.2) is 0 Å². The molecule has 37 heavy (non-hydrogen) atoms. The average molecular weight is 505 g/mol. The van der Waals surface area contributed by atoms with Gasteiger partial charge in [0.05, 0.1) is 25.2 Å². The van der Waals surface area contributed by atoms with Crippen LogP contribution in [0.1, 0.15) is 88.7 Å². The number of quaternary nitrogens is 1. The van der Waals surface area contributed by atoms with Crippen LogP contribution in [-0.2, 0) is 24.7 Å². The van der Waals surface area contributed by atoms with Crippen LogP contribution < -0.4 is 0 Å². The topological polar surface area (TPSA) is 52.6 Å². The van der Waals surface area contributed by atoms with Gasteiger partial charge in [0.25, 0.3) is 5.60 Å². The van der Waals surface area contributed by atoms with Crippen molar-refractivity contribution in [3.8, 4) is 0 Å². The van der Waals surface area contributed by atoms with Crippen molar-refractivity contribution in [2.75, 3.05) is 13.1 Å². The molecule has 5 rings (SSSR count). The molecule has 0 radical (unpaired) electrons. The lowest BCUT2D eigenvalue weighted by Crippen LogP contribution is -2.60. The number of benzene rings is 2. The third-order valence-electron chi connectivity index (χ3n) is 9.18. The summed E-state index contributed by atoms with van der Waals surface area (Å²) < 4.78 is 13.9. The van der Waals surface area contributed by atoms with Crippen molar-refractivity contribution in [2.24, 2.45) is 0 Å². The van der Waals surface area contributed by atoms with Gasteiger partial charge in [-0.05, 0) is 6.42 Å². The first kappa shape index (κ1) is 26.0. The fourth-order valence-electron chi connectivity index (χ4n) is 7.37. The standard InChI is InChI=1S/C32H42NO4/c1-2-3-4-11-18-30(34)37-32(25-14-7-5-8-15-25,26-16-9-6-10-17-26)31(35)36-29-23-27-19-20-28(24-29)33(27)21-12-13-22-33/h5-10,14-17,27-29H,2-4,11-13,18-24H2,1H3/q+1. The van der Waals surface area contributed by atoms with Gasteiger partial charge in [-0.1, -0.05) is 86.8 Å². The minimum atomic E-state index is -1.61. The Morgan fingerprint density at radius 1 is 0.838 bits per heavy atom. The predicted molar refractivity (Wildman–Crippen MR) is 144 cm³/mol. The van der Waals surface area contributed by atoms with Crippen LogP contribution in [-0.4, -0.2) is 47.7 Å². The Kier molecular flexibility index (Phi) is 7.99. The number of hydrogen-bond acceptors (Lipinski definition) is 4. The van der Waals surface area contributed by atoms with Crippen molar-refractivity contribution >= 4 is 11.9 Å². The molecule has 2 aromatic rings. The van der Waals surface area contributed by atoms with E-state index in [-0.39, 0.29) is 12.1 Å². The van der Waals surface area contributed by atoms with E-state index in [1.807, 2.05) is 60.7 Å². The van der Waals surface area contributed by atoms with Gasteiger partial charge in [-0.2, -0.15) is 0 Å². The van der Waals surface area contributed by atoms with Crippen LogP contribution in [0.15, 0.2) is 60.7 Å². The van der Waals surface area contributed by atoms with E-state index < -0.39 is 11.6 Å². The Morgan fingerprint density at radius 2 is 1.41 bits per heavy atom. The first-order chi connectivity index (χ1) is 18.1. The van der Waals surface area contributed by atoms with Crippen molar-refractivity contribution in [1.29, 1.82) is 0 Å². The van der Waals surface area contributed by atoms with E-state index in [1.165, 1.54) is 43.3 Å². The van der Waals surface area contributed by atoms with Crippen molar-refractivity contribution in [3.05, 3.63) is 71.8 Å². The molecule has 0 aromatic heterocycles. The zero-order valence-electron chi connectivity index (χ0n) is 22.3. The van der Waals surface area contributed by atoms with Crippen LogP contribution >= 0.6 is 0 Å². The maximum Gasteiger partial charge on any atom is 0.360 e. The van der Waals surface area contributed by atoms with Crippen LogP contribution in [0.3, 0.4) is 0 Å². The molecule has 198 valence electrons. The first-order valence-electron chi connectivity index (χ1n) is 14.5. The smallest absolute Gasteiger partial charge is 0.360 e. The van der Waals surface area contributed by atoms with Crippen LogP contribution in [0.5, 0.6) is 0 Å². The number of esters is 2. The van der Waals surface area contributed by atoms with E-state index in [4.69, 9.17) is 9.47 Å². The largest absolute Gasteiger partial charge is 0.458 e. The molecule has 3 saturated heterocycles. The summed E-state index contributed by atoms with van der Waals surface area (Å²) in [6.45, 7) is 4.71. The van der Waals surface area contributed by atoms with Gasteiger partial charge in [-0.15, -0.1) is 0 Å². The maximum atomic E-state index is 14.3.